The molecule has 18 heavy (non-hydrogen) atoms. The first-order valence-electron chi connectivity index (χ1n) is 7.13. The Bertz CT molecular complexity index is 246. The van der Waals surface area contributed by atoms with Gasteiger partial charge in [0, 0.05) is 19.3 Å². The number of rotatable bonds is 10. The zero-order chi connectivity index (χ0) is 14.0. The zero-order valence-electron chi connectivity index (χ0n) is 12.3. The largest absolute Gasteiger partial charge is 0.465 e. The Hall–Kier alpha value is -0.860. The van der Waals surface area contributed by atoms with E-state index in [-0.39, 0.29) is 17.7 Å². The minimum atomic E-state index is -0.183. The smallest absolute Gasteiger partial charge is 0.306 e. The van der Waals surface area contributed by atoms with Crippen molar-refractivity contribution in [2.24, 2.45) is 11.8 Å². The molecule has 0 rings (SSSR count). The van der Waals surface area contributed by atoms with Gasteiger partial charge in [-0.2, -0.15) is 0 Å². The summed E-state index contributed by atoms with van der Waals surface area (Å²) in [4.78, 5) is 23.1. The monoisotopic (exact) mass is 256 g/mol. The number of ketones is 1. The highest BCUT2D eigenvalue weighted by Gasteiger charge is 2.14. The molecule has 0 amide bonds. The average molecular weight is 256 g/mol. The van der Waals surface area contributed by atoms with Gasteiger partial charge < -0.3 is 4.74 Å². The van der Waals surface area contributed by atoms with Gasteiger partial charge >= 0.3 is 5.97 Å². The molecule has 0 aromatic carbocycles. The van der Waals surface area contributed by atoms with Gasteiger partial charge in [0.15, 0.2) is 0 Å². The Morgan fingerprint density at radius 3 is 2.28 bits per heavy atom. The molecule has 0 aliphatic rings. The van der Waals surface area contributed by atoms with Crippen LogP contribution in [0.15, 0.2) is 0 Å². The van der Waals surface area contributed by atoms with Crippen LogP contribution >= 0.6 is 0 Å². The molecule has 1 atom stereocenters. The van der Waals surface area contributed by atoms with Gasteiger partial charge in [0.2, 0.25) is 0 Å². The van der Waals surface area contributed by atoms with Crippen molar-refractivity contribution in [1.29, 1.82) is 0 Å². The van der Waals surface area contributed by atoms with Gasteiger partial charge in [0.1, 0.15) is 5.78 Å². The van der Waals surface area contributed by atoms with E-state index in [0.717, 1.165) is 19.3 Å². The molecule has 0 N–H and O–H groups in total. The molecule has 0 aromatic rings. The lowest BCUT2D eigenvalue weighted by Gasteiger charge is -2.11. The second kappa shape index (κ2) is 10.1. The number of hydrogen-bond acceptors (Lipinski definition) is 3. The maximum atomic E-state index is 11.6. The van der Waals surface area contributed by atoms with Crippen LogP contribution in [0, 0.1) is 11.8 Å². The molecular weight excluding hydrogens is 228 g/mol. The third-order valence-electron chi connectivity index (χ3n) is 2.73. The summed E-state index contributed by atoms with van der Waals surface area (Å²) in [7, 11) is 0. The Morgan fingerprint density at radius 1 is 1.06 bits per heavy atom. The molecule has 0 aliphatic carbocycles. The highest BCUT2D eigenvalue weighted by molar-refractivity contribution is 5.79. The number of Topliss-reactive ketones (excluding diaryl/α,β-unsaturated/α-hetero) is 1. The van der Waals surface area contributed by atoms with E-state index in [2.05, 4.69) is 6.92 Å². The van der Waals surface area contributed by atoms with Crippen molar-refractivity contribution in [1.82, 2.24) is 0 Å². The van der Waals surface area contributed by atoms with E-state index in [4.69, 9.17) is 4.74 Å². The van der Waals surface area contributed by atoms with Crippen molar-refractivity contribution < 1.29 is 14.3 Å². The molecule has 0 radical (unpaired) electrons. The number of carbonyl (C=O) groups is 2. The summed E-state index contributed by atoms with van der Waals surface area (Å²) in [5, 5.41) is 0. The maximum Gasteiger partial charge on any atom is 0.306 e. The van der Waals surface area contributed by atoms with Gasteiger partial charge in [0.05, 0.1) is 6.61 Å². The summed E-state index contributed by atoms with van der Waals surface area (Å²) < 4.78 is 5.10. The van der Waals surface area contributed by atoms with Crippen LogP contribution in [0.1, 0.15) is 66.2 Å². The van der Waals surface area contributed by atoms with Gasteiger partial charge in [0.25, 0.3) is 0 Å². The van der Waals surface area contributed by atoms with Crippen molar-refractivity contribution in [3.05, 3.63) is 0 Å². The van der Waals surface area contributed by atoms with Crippen LogP contribution in [0.3, 0.4) is 0 Å². The summed E-state index contributed by atoms with van der Waals surface area (Å²) in [6.45, 7) is 8.55. The molecule has 3 heteroatoms. The SMILES string of the molecule is CCCCCC(=O)CC(C)CC(=O)OCC(C)C. The topological polar surface area (TPSA) is 43.4 Å². The zero-order valence-corrected chi connectivity index (χ0v) is 12.3. The van der Waals surface area contributed by atoms with Crippen molar-refractivity contribution >= 4 is 11.8 Å². The first kappa shape index (κ1) is 17.1. The number of ether oxygens (including phenoxy) is 1. The van der Waals surface area contributed by atoms with Crippen LogP contribution in [0.25, 0.3) is 0 Å². The quantitative estimate of drug-likeness (QED) is 0.441. The molecule has 0 saturated heterocycles. The second-order valence-corrected chi connectivity index (χ2v) is 5.59. The molecule has 0 fully saturated rings. The van der Waals surface area contributed by atoms with Crippen molar-refractivity contribution in [3.63, 3.8) is 0 Å². The van der Waals surface area contributed by atoms with Crippen molar-refractivity contribution in [3.8, 4) is 0 Å². The molecule has 0 bridgehead atoms. The van der Waals surface area contributed by atoms with Crippen LogP contribution in [0.2, 0.25) is 0 Å². The van der Waals surface area contributed by atoms with Gasteiger partial charge in [-0.3, -0.25) is 9.59 Å². The Labute approximate surface area is 111 Å². The lowest BCUT2D eigenvalue weighted by Crippen LogP contribution is -2.15. The highest BCUT2D eigenvalue weighted by atomic mass is 16.5. The van der Waals surface area contributed by atoms with Gasteiger partial charge in [-0.15, -0.1) is 0 Å². The van der Waals surface area contributed by atoms with E-state index < -0.39 is 0 Å². The van der Waals surface area contributed by atoms with E-state index >= 15 is 0 Å². The number of unbranched alkanes of at least 4 members (excludes halogenated alkanes) is 2. The highest BCUT2D eigenvalue weighted by Crippen LogP contribution is 2.12. The normalized spacial score (nSPS) is 12.5. The Kier molecular flexibility index (Phi) is 9.62. The average Bonchev–Trinajstić information content (AvgIpc) is 2.26. The minimum absolute atomic E-state index is 0.0961. The standard InChI is InChI=1S/C15H28O3/c1-5-6-7-8-14(16)9-13(4)10-15(17)18-11-12(2)3/h12-13H,5-11H2,1-4H3. The second-order valence-electron chi connectivity index (χ2n) is 5.59. The van der Waals surface area contributed by atoms with Crippen LogP contribution in [0.4, 0.5) is 0 Å². The number of carbonyl (C=O) groups excluding carboxylic acids is 2. The fraction of sp³-hybridized carbons (Fsp3) is 0.867. The molecule has 3 nitrogen and oxygen atoms in total. The van der Waals surface area contributed by atoms with Gasteiger partial charge in [-0.25, -0.2) is 0 Å². The molecule has 0 aromatic heterocycles. The predicted molar refractivity (Wildman–Crippen MR) is 73.3 cm³/mol. The fourth-order valence-corrected chi connectivity index (χ4v) is 1.74. The van der Waals surface area contributed by atoms with E-state index in [1.54, 1.807) is 0 Å². The minimum Gasteiger partial charge on any atom is -0.465 e. The van der Waals surface area contributed by atoms with Crippen LogP contribution < -0.4 is 0 Å². The maximum absolute atomic E-state index is 11.6. The molecule has 106 valence electrons. The summed E-state index contributed by atoms with van der Waals surface area (Å²) >= 11 is 0. The fourth-order valence-electron chi connectivity index (χ4n) is 1.74. The lowest BCUT2D eigenvalue weighted by molar-refractivity contribution is -0.145. The third kappa shape index (κ3) is 10.3. The summed E-state index contributed by atoms with van der Waals surface area (Å²) in [5.74, 6) is 0.545. The van der Waals surface area contributed by atoms with Gasteiger partial charge in [-0.05, 0) is 18.3 Å². The molecular formula is C15H28O3. The molecule has 0 saturated carbocycles. The first-order chi connectivity index (χ1) is 8.45. The molecule has 0 heterocycles. The molecule has 0 spiro atoms. The van der Waals surface area contributed by atoms with E-state index in [0.29, 0.717) is 31.8 Å². The van der Waals surface area contributed by atoms with Crippen LogP contribution in [-0.2, 0) is 14.3 Å². The lowest BCUT2D eigenvalue weighted by atomic mass is 9.98. The number of esters is 1. The van der Waals surface area contributed by atoms with E-state index in [9.17, 15) is 9.59 Å². The van der Waals surface area contributed by atoms with Gasteiger partial charge in [-0.1, -0.05) is 40.5 Å². The first-order valence-corrected chi connectivity index (χ1v) is 7.13. The van der Waals surface area contributed by atoms with E-state index in [1.807, 2.05) is 20.8 Å². The van der Waals surface area contributed by atoms with Crippen molar-refractivity contribution in [2.75, 3.05) is 6.61 Å². The molecule has 1 unspecified atom stereocenters. The summed E-state index contributed by atoms with van der Waals surface area (Å²) in [5.41, 5.74) is 0. The molecule has 0 aliphatic heterocycles. The van der Waals surface area contributed by atoms with Crippen LogP contribution in [0.5, 0.6) is 0 Å². The van der Waals surface area contributed by atoms with Crippen molar-refractivity contribution in [2.45, 2.75) is 66.2 Å². The summed E-state index contributed by atoms with van der Waals surface area (Å²) in [6, 6.07) is 0. The number of hydrogen-bond donors (Lipinski definition) is 0. The summed E-state index contributed by atoms with van der Waals surface area (Å²) in [6.07, 6.45) is 4.71. The third-order valence-corrected chi connectivity index (χ3v) is 2.73. The predicted octanol–water partition coefficient (Wildman–Crippen LogP) is 3.75. The van der Waals surface area contributed by atoms with E-state index in [1.165, 1.54) is 0 Å². The Morgan fingerprint density at radius 2 is 1.72 bits per heavy atom. The van der Waals surface area contributed by atoms with Crippen LogP contribution in [-0.4, -0.2) is 18.4 Å². The Balaban J connectivity index is 3.71.